The first-order chi connectivity index (χ1) is 18.0. The number of amidine groups is 1. The normalized spacial score (nSPS) is 21.5. The number of aliphatic imine (C=N–C) groups is 1. The molecule has 0 saturated heterocycles. The smallest absolute Gasteiger partial charge is 0.289 e. The van der Waals surface area contributed by atoms with Crippen molar-refractivity contribution in [3.05, 3.63) is 53.2 Å². The van der Waals surface area contributed by atoms with Crippen molar-refractivity contribution in [3.63, 3.8) is 0 Å². The van der Waals surface area contributed by atoms with E-state index in [9.17, 15) is 4.79 Å². The topological polar surface area (TPSA) is 118 Å². The molecule has 2 fully saturated rings. The fourth-order valence-electron chi connectivity index (χ4n) is 5.45. The number of hydrogen-bond acceptors (Lipinski definition) is 6. The maximum absolute atomic E-state index is 13.2. The van der Waals surface area contributed by atoms with Crippen LogP contribution in [0.2, 0.25) is 5.02 Å². The number of furan rings is 1. The summed E-state index contributed by atoms with van der Waals surface area (Å²) < 4.78 is 5.43. The molecule has 2 saturated carbocycles. The Bertz CT molecular complexity index is 1240. The van der Waals surface area contributed by atoms with Crippen LogP contribution >= 0.6 is 11.6 Å². The number of nitrogens with zero attached hydrogens (tertiary/aromatic N) is 3. The molecule has 0 unspecified atom stereocenters. The van der Waals surface area contributed by atoms with E-state index < -0.39 is 0 Å². The average molecular weight is 523 g/mol. The van der Waals surface area contributed by atoms with E-state index in [1.54, 1.807) is 12.3 Å². The number of anilines is 1. The second-order valence-electron chi connectivity index (χ2n) is 10.2. The zero-order valence-corrected chi connectivity index (χ0v) is 21.8. The highest BCUT2D eigenvalue weighted by Gasteiger charge is 2.27. The molecule has 196 valence electrons. The van der Waals surface area contributed by atoms with E-state index in [1.165, 1.54) is 12.8 Å². The van der Waals surface area contributed by atoms with Gasteiger partial charge in [-0.3, -0.25) is 9.79 Å². The lowest BCUT2D eigenvalue weighted by molar-refractivity contribution is 0.0923. The summed E-state index contributed by atoms with van der Waals surface area (Å²) in [4.78, 5) is 27.4. The van der Waals surface area contributed by atoms with Gasteiger partial charge in [0.15, 0.2) is 0 Å². The molecule has 5 rings (SSSR count). The molecule has 1 amide bonds. The number of carbonyl (C=O) groups is 1. The van der Waals surface area contributed by atoms with Crippen molar-refractivity contribution in [2.45, 2.75) is 88.8 Å². The highest BCUT2D eigenvalue weighted by Crippen LogP contribution is 2.29. The average Bonchev–Trinajstić information content (AvgIpc) is 3.26. The van der Waals surface area contributed by atoms with E-state index in [1.807, 2.05) is 24.3 Å². The van der Waals surface area contributed by atoms with Crippen LogP contribution in [-0.2, 0) is 6.42 Å². The van der Waals surface area contributed by atoms with Crippen molar-refractivity contribution in [2.75, 3.05) is 5.32 Å². The van der Waals surface area contributed by atoms with E-state index in [4.69, 9.17) is 31.7 Å². The van der Waals surface area contributed by atoms with Crippen LogP contribution < -0.4 is 16.4 Å². The molecule has 1 aromatic carbocycles. The molecule has 2 aromatic heterocycles. The van der Waals surface area contributed by atoms with Gasteiger partial charge >= 0.3 is 0 Å². The summed E-state index contributed by atoms with van der Waals surface area (Å²) in [5, 5.41) is 8.15. The third kappa shape index (κ3) is 6.60. The molecule has 0 spiro atoms. The van der Waals surface area contributed by atoms with Gasteiger partial charge in [0.05, 0.1) is 24.2 Å². The summed E-state index contributed by atoms with van der Waals surface area (Å²) in [6, 6.07) is 9.42. The predicted molar refractivity (Wildman–Crippen MR) is 147 cm³/mol. The van der Waals surface area contributed by atoms with Crippen LogP contribution in [0, 0.1) is 0 Å². The Balaban J connectivity index is 1.40. The maximum atomic E-state index is 13.2. The van der Waals surface area contributed by atoms with Gasteiger partial charge in [-0.25, -0.2) is 9.97 Å². The first kappa shape index (κ1) is 25.5. The van der Waals surface area contributed by atoms with Crippen LogP contribution in [0.4, 0.5) is 5.82 Å². The third-order valence-corrected chi connectivity index (χ3v) is 7.61. The van der Waals surface area contributed by atoms with Crippen molar-refractivity contribution in [3.8, 4) is 0 Å². The van der Waals surface area contributed by atoms with Gasteiger partial charge in [-0.05, 0) is 56.0 Å². The molecular weight excluding hydrogens is 488 g/mol. The Morgan fingerprint density at radius 1 is 1.05 bits per heavy atom. The Morgan fingerprint density at radius 2 is 1.84 bits per heavy atom. The Kier molecular flexibility index (Phi) is 8.24. The first-order valence-electron chi connectivity index (χ1n) is 13.4. The second-order valence-corrected chi connectivity index (χ2v) is 10.6. The van der Waals surface area contributed by atoms with Crippen LogP contribution in [0.3, 0.4) is 0 Å². The van der Waals surface area contributed by atoms with Crippen LogP contribution in [0.15, 0.2) is 46.0 Å². The molecule has 3 aromatic rings. The molecule has 4 N–H and O–H groups in total. The fourth-order valence-corrected chi connectivity index (χ4v) is 5.62. The lowest BCUT2D eigenvalue weighted by atomic mass is 9.90. The number of nitrogens with two attached hydrogens (primary N) is 1. The monoisotopic (exact) mass is 522 g/mol. The predicted octanol–water partition coefficient (Wildman–Crippen LogP) is 5.65. The van der Waals surface area contributed by atoms with E-state index in [-0.39, 0.29) is 29.9 Å². The van der Waals surface area contributed by atoms with E-state index in [2.05, 4.69) is 15.6 Å². The van der Waals surface area contributed by atoms with Gasteiger partial charge in [0, 0.05) is 22.5 Å². The quantitative estimate of drug-likeness (QED) is 0.209. The zero-order valence-electron chi connectivity index (χ0n) is 21.1. The Labute approximate surface area is 222 Å². The van der Waals surface area contributed by atoms with Gasteiger partial charge < -0.3 is 20.8 Å². The largest absolute Gasteiger partial charge is 0.469 e. The number of carbonyl (C=O) groups excluding carboxylic acids is 1. The van der Waals surface area contributed by atoms with Crippen molar-refractivity contribution >= 4 is 40.1 Å². The number of fused-ring (bicyclic) bond motifs is 1. The summed E-state index contributed by atoms with van der Waals surface area (Å²) in [5.41, 5.74) is 6.97. The zero-order chi connectivity index (χ0) is 25.6. The third-order valence-electron chi connectivity index (χ3n) is 7.37. The number of hydrogen-bond donors (Lipinski definition) is 3. The molecular formula is C28H35ClN6O2. The number of nitrogens with one attached hydrogen (secondary N) is 2. The van der Waals surface area contributed by atoms with Crippen molar-refractivity contribution < 1.29 is 9.21 Å². The molecule has 37 heavy (non-hydrogen) atoms. The molecule has 2 atom stereocenters. The molecule has 2 heterocycles. The van der Waals surface area contributed by atoms with E-state index in [0.29, 0.717) is 28.6 Å². The minimum atomic E-state index is -0.229. The van der Waals surface area contributed by atoms with Crippen LogP contribution in [-0.4, -0.2) is 39.8 Å². The number of rotatable bonds is 7. The lowest BCUT2D eigenvalue weighted by Crippen LogP contribution is -2.38. The Hall–Kier alpha value is -3.13. The van der Waals surface area contributed by atoms with E-state index >= 15 is 0 Å². The molecule has 2 aliphatic rings. The number of halogens is 1. The highest BCUT2D eigenvalue weighted by molar-refractivity contribution is 6.31. The summed E-state index contributed by atoms with van der Waals surface area (Å²) in [5.74, 6) is 1.90. The number of aromatic nitrogens is 2. The minimum absolute atomic E-state index is 0.00354. The molecule has 2 aliphatic carbocycles. The number of amides is 1. The van der Waals surface area contributed by atoms with Crippen LogP contribution in [0.1, 0.15) is 80.6 Å². The van der Waals surface area contributed by atoms with Gasteiger partial charge in [0.2, 0.25) is 5.82 Å². The van der Waals surface area contributed by atoms with Crippen molar-refractivity contribution in [2.24, 2.45) is 10.7 Å². The van der Waals surface area contributed by atoms with Crippen molar-refractivity contribution in [1.82, 2.24) is 15.3 Å². The standard InChI is InChI=1S/C28H35ClN6O2/c29-18-13-14-22-21(16-18)26(35-27(33-22)28(36)31-19-8-3-1-2-4-9-19)34-24-12-6-5-11-23(24)32-25(30)17-20-10-7-15-37-20/h7,10,13-16,19,23-24H,1-6,8-9,11-12,17H2,(H2,30,32)(H,31,36)(H,33,34,35)/t23-,24+/m1/s1. The number of benzene rings is 1. The summed E-state index contributed by atoms with van der Waals surface area (Å²) in [7, 11) is 0. The maximum Gasteiger partial charge on any atom is 0.289 e. The molecule has 9 heteroatoms. The molecule has 0 radical (unpaired) electrons. The Morgan fingerprint density at radius 3 is 2.62 bits per heavy atom. The van der Waals surface area contributed by atoms with Gasteiger partial charge in [-0.15, -0.1) is 0 Å². The van der Waals surface area contributed by atoms with Gasteiger partial charge in [0.1, 0.15) is 17.4 Å². The fraction of sp³-hybridized carbons (Fsp3) is 0.500. The highest BCUT2D eigenvalue weighted by atomic mass is 35.5. The lowest BCUT2D eigenvalue weighted by Gasteiger charge is -2.30. The minimum Gasteiger partial charge on any atom is -0.469 e. The van der Waals surface area contributed by atoms with E-state index in [0.717, 1.165) is 62.5 Å². The van der Waals surface area contributed by atoms with Crippen LogP contribution in [0.5, 0.6) is 0 Å². The molecule has 0 bridgehead atoms. The summed E-state index contributed by atoms with van der Waals surface area (Å²) in [6.45, 7) is 0. The summed E-state index contributed by atoms with van der Waals surface area (Å²) in [6.07, 6.45) is 12.9. The molecule has 0 aliphatic heterocycles. The van der Waals surface area contributed by atoms with Crippen LogP contribution in [0.25, 0.3) is 10.9 Å². The van der Waals surface area contributed by atoms with Gasteiger partial charge in [-0.1, -0.05) is 50.1 Å². The van der Waals surface area contributed by atoms with Gasteiger partial charge in [-0.2, -0.15) is 0 Å². The first-order valence-corrected chi connectivity index (χ1v) is 13.8. The SMILES string of the molecule is NC(Cc1ccco1)=N[C@@H]1CCCC[C@@H]1Nc1nc(C(=O)NC2CCCCCC2)nc2ccc(Cl)cc12. The summed E-state index contributed by atoms with van der Waals surface area (Å²) >= 11 is 6.34. The van der Waals surface area contributed by atoms with Crippen molar-refractivity contribution in [1.29, 1.82) is 0 Å². The molecule has 8 nitrogen and oxygen atoms in total. The van der Waals surface area contributed by atoms with Gasteiger partial charge in [0.25, 0.3) is 5.91 Å². The second kappa shape index (κ2) is 11.9.